The Morgan fingerprint density at radius 1 is 1.47 bits per heavy atom. The molecule has 2 N–H and O–H groups in total. The Balaban J connectivity index is 0.000000224. The number of aryl methyl sites for hydroxylation is 1. The molecule has 0 radical (unpaired) electrons. The van der Waals surface area contributed by atoms with E-state index in [0.29, 0.717) is 0 Å². The lowest BCUT2D eigenvalue weighted by Crippen LogP contribution is -2.43. The number of hydrogen-bond acceptors (Lipinski definition) is 3. The van der Waals surface area contributed by atoms with Gasteiger partial charge in [-0.2, -0.15) is 13.2 Å². The Hall–Kier alpha value is -1.63. The van der Waals surface area contributed by atoms with Crippen LogP contribution in [-0.2, 0) is 11.2 Å². The molecule has 0 aromatic carbocycles. The predicted molar refractivity (Wildman–Crippen MR) is 62.7 cm³/mol. The molecule has 106 valence electrons. The second-order valence-electron chi connectivity index (χ2n) is 4.34. The highest BCUT2D eigenvalue weighted by atomic mass is 19.4. The summed E-state index contributed by atoms with van der Waals surface area (Å²) in [6.45, 7) is 4.37. The van der Waals surface area contributed by atoms with E-state index in [-0.39, 0.29) is 0 Å². The van der Waals surface area contributed by atoms with E-state index >= 15 is 0 Å². The number of carbonyl (C=O) groups is 1. The van der Waals surface area contributed by atoms with Crippen molar-refractivity contribution >= 4 is 5.97 Å². The first-order valence-corrected chi connectivity index (χ1v) is 5.71. The Morgan fingerprint density at radius 3 is 2.37 bits per heavy atom. The normalized spacial score (nSPS) is 15.2. The molecule has 1 aromatic rings. The molecule has 0 amide bonds. The summed E-state index contributed by atoms with van der Waals surface area (Å²) in [5.74, 6) is -1.91. The van der Waals surface area contributed by atoms with Gasteiger partial charge >= 0.3 is 12.1 Å². The first-order chi connectivity index (χ1) is 8.79. The number of aliphatic carboxylic acids is 1. The molecule has 19 heavy (non-hydrogen) atoms. The van der Waals surface area contributed by atoms with Crippen LogP contribution in [-0.4, -0.2) is 35.3 Å². The molecule has 2 rings (SSSR count). The monoisotopic (exact) mass is 276 g/mol. The highest BCUT2D eigenvalue weighted by Crippen LogP contribution is 2.13. The maximum absolute atomic E-state index is 10.6. The van der Waals surface area contributed by atoms with Gasteiger partial charge in [-0.25, -0.2) is 4.79 Å². The van der Waals surface area contributed by atoms with Gasteiger partial charge in [0.1, 0.15) is 0 Å². The van der Waals surface area contributed by atoms with Crippen molar-refractivity contribution in [1.82, 2.24) is 10.3 Å². The zero-order valence-corrected chi connectivity index (χ0v) is 10.4. The lowest BCUT2D eigenvalue weighted by atomic mass is 9.95. The van der Waals surface area contributed by atoms with E-state index in [0.717, 1.165) is 11.6 Å². The number of halogens is 3. The van der Waals surface area contributed by atoms with Gasteiger partial charge in [0.05, 0.1) is 0 Å². The number of nitrogens with zero attached hydrogens (tertiary/aromatic N) is 1. The van der Waals surface area contributed by atoms with Crippen LogP contribution in [0.5, 0.6) is 0 Å². The number of pyridine rings is 1. The number of aromatic nitrogens is 1. The number of alkyl halides is 3. The topological polar surface area (TPSA) is 62.2 Å². The van der Waals surface area contributed by atoms with Crippen molar-refractivity contribution in [3.8, 4) is 0 Å². The molecule has 0 saturated carbocycles. The highest BCUT2D eigenvalue weighted by molar-refractivity contribution is 5.73. The molecule has 1 saturated heterocycles. The van der Waals surface area contributed by atoms with E-state index in [4.69, 9.17) is 9.90 Å². The van der Waals surface area contributed by atoms with E-state index in [1.807, 2.05) is 13.1 Å². The smallest absolute Gasteiger partial charge is 0.475 e. The van der Waals surface area contributed by atoms with Crippen molar-refractivity contribution in [1.29, 1.82) is 0 Å². The molecule has 2 heterocycles. The second-order valence-corrected chi connectivity index (χ2v) is 4.34. The molecule has 1 aromatic heterocycles. The molecule has 0 bridgehead atoms. The maximum Gasteiger partial charge on any atom is 0.490 e. The van der Waals surface area contributed by atoms with Gasteiger partial charge in [-0.3, -0.25) is 4.98 Å². The van der Waals surface area contributed by atoms with Crippen LogP contribution in [0.4, 0.5) is 13.2 Å². The zero-order chi connectivity index (χ0) is 14.5. The number of hydrogen-bond donors (Lipinski definition) is 2. The third-order valence-electron chi connectivity index (χ3n) is 2.61. The van der Waals surface area contributed by atoms with Crippen molar-refractivity contribution in [2.45, 2.75) is 19.5 Å². The van der Waals surface area contributed by atoms with Crippen LogP contribution in [0.1, 0.15) is 11.3 Å². The van der Waals surface area contributed by atoms with E-state index in [2.05, 4.69) is 22.4 Å². The minimum absolute atomic E-state index is 0.842. The summed E-state index contributed by atoms with van der Waals surface area (Å²) in [6.07, 6.45) is -1.91. The molecule has 1 aliphatic heterocycles. The summed E-state index contributed by atoms with van der Waals surface area (Å²) in [5.41, 5.74) is 2.47. The summed E-state index contributed by atoms with van der Waals surface area (Å²) >= 11 is 0. The van der Waals surface area contributed by atoms with Crippen LogP contribution in [0.2, 0.25) is 0 Å². The minimum Gasteiger partial charge on any atom is -0.475 e. The van der Waals surface area contributed by atoms with E-state index in [1.165, 1.54) is 25.1 Å². The first kappa shape index (κ1) is 15.4. The van der Waals surface area contributed by atoms with Gasteiger partial charge in [0.25, 0.3) is 0 Å². The Kier molecular flexibility index (Phi) is 5.29. The third kappa shape index (κ3) is 5.69. The summed E-state index contributed by atoms with van der Waals surface area (Å²) in [5, 5.41) is 10.4. The Labute approximate surface area is 108 Å². The van der Waals surface area contributed by atoms with Gasteiger partial charge in [0.15, 0.2) is 0 Å². The molecule has 1 fully saturated rings. The zero-order valence-electron chi connectivity index (χ0n) is 10.4. The minimum atomic E-state index is -5.08. The molecule has 1 aliphatic rings. The van der Waals surface area contributed by atoms with Crippen LogP contribution >= 0.6 is 0 Å². The standard InChI is InChI=1S/C10H14N2.C2HF3O2/c1-8-2-3-9(7-12-8)4-10-5-11-6-10;3-2(4,5)1(6)7/h2-3,7,10-11H,4-6H2,1H3;(H,6,7). The van der Waals surface area contributed by atoms with Gasteiger partial charge in [-0.05, 0) is 44.0 Å². The van der Waals surface area contributed by atoms with Crippen molar-refractivity contribution in [3.05, 3.63) is 29.6 Å². The highest BCUT2D eigenvalue weighted by Gasteiger charge is 2.38. The molecule has 0 unspecified atom stereocenters. The van der Waals surface area contributed by atoms with Crippen molar-refractivity contribution in [3.63, 3.8) is 0 Å². The van der Waals surface area contributed by atoms with Gasteiger partial charge < -0.3 is 10.4 Å². The summed E-state index contributed by atoms with van der Waals surface area (Å²) in [6, 6.07) is 4.27. The Morgan fingerprint density at radius 2 is 2.05 bits per heavy atom. The molecule has 4 nitrogen and oxygen atoms in total. The number of carboxylic acids is 1. The second kappa shape index (κ2) is 6.51. The average molecular weight is 276 g/mol. The van der Waals surface area contributed by atoms with Gasteiger partial charge in [0.2, 0.25) is 0 Å². The average Bonchev–Trinajstić information content (AvgIpc) is 2.25. The fraction of sp³-hybridized carbons (Fsp3) is 0.500. The SMILES string of the molecule is Cc1ccc(CC2CNC2)cn1.O=C(O)C(F)(F)F. The number of carboxylic acid groups (broad SMARTS) is 1. The van der Waals surface area contributed by atoms with E-state index in [9.17, 15) is 13.2 Å². The fourth-order valence-electron chi connectivity index (χ4n) is 1.45. The van der Waals surface area contributed by atoms with E-state index in [1.54, 1.807) is 0 Å². The van der Waals surface area contributed by atoms with Crippen molar-refractivity contribution in [2.75, 3.05) is 13.1 Å². The molecule has 7 heteroatoms. The van der Waals surface area contributed by atoms with Crippen molar-refractivity contribution < 1.29 is 23.1 Å². The Bertz CT molecular complexity index is 414. The predicted octanol–water partition coefficient (Wildman–Crippen LogP) is 1.79. The fourth-order valence-corrected chi connectivity index (χ4v) is 1.45. The summed E-state index contributed by atoms with van der Waals surface area (Å²) < 4.78 is 31.7. The summed E-state index contributed by atoms with van der Waals surface area (Å²) in [4.78, 5) is 13.2. The van der Waals surface area contributed by atoms with Crippen LogP contribution < -0.4 is 5.32 Å². The lowest BCUT2D eigenvalue weighted by molar-refractivity contribution is -0.192. The van der Waals surface area contributed by atoms with Crippen molar-refractivity contribution in [2.24, 2.45) is 5.92 Å². The lowest BCUT2D eigenvalue weighted by Gasteiger charge is -2.26. The van der Waals surface area contributed by atoms with Crippen LogP contribution in [0.25, 0.3) is 0 Å². The van der Waals surface area contributed by atoms with Gasteiger partial charge in [-0.15, -0.1) is 0 Å². The van der Waals surface area contributed by atoms with Crippen LogP contribution in [0.15, 0.2) is 18.3 Å². The van der Waals surface area contributed by atoms with Crippen LogP contribution in [0, 0.1) is 12.8 Å². The van der Waals surface area contributed by atoms with E-state index < -0.39 is 12.1 Å². The number of rotatable bonds is 2. The third-order valence-corrected chi connectivity index (χ3v) is 2.61. The van der Waals surface area contributed by atoms with Gasteiger partial charge in [-0.1, -0.05) is 6.07 Å². The quantitative estimate of drug-likeness (QED) is 0.864. The first-order valence-electron chi connectivity index (χ1n) is 5.71. The molecule has 0 aliphatic carbocycles. The molecule has 0 spiro atoms. The largest absolute Gasteiger partial charge is 0.490 e. The summed E-state index contributed by atoms with van der Waals surface area (Å²) in [7, 11) is 0. The molecular weight excluding hydrogens is 261 g/mol. The molecule has 0 atom stereocenters. The van der Waals surface area contributed by atoms with Crippen LogP contribution in [0.3, 0.4) is 0 Å². The maximum atomic E-state index is 10.6. The number of nitrogens with one attached hydrogen (secondary N) is 1. The molecular formula is C12H15F3N2O2. The van der Waals surface area contributed by atoms with Gasteiger partial charge in [0, 0.05) is 11.9 Å².